The van der Waals surface area contributed by atoms with Crippen LogP contribution >= 0.6 is 0 Å². The number of carbonyl (C=O) groups is 2. The van der Waals surface area contributed by atoms with Gasteiger partial charge in [0.1, 0.15) is 0 Å². The Morgan fingerprint density at radius 1 is 1.36 bits per heavy atom. The van der Waals surface area contributed by atoms with Gasteiger partial charge in [-0.1, -0.05) is 6.07 Å². The standard InChI is InChI=1S/C10H10N2O2/c11-10(14)7-2-1-3-8-6(7)4-5-9(13)12-8/h1-3H,4-5H2,(H2,11,14)(H,12,13). The second-order valence-corrected chi connectivity index (χ2v) is 3.24. The normalized spacial score (nSPS) is 14.4. The van der Waals surface area contributed by atoms with E-state index in [1.807, 2.05) is 0 Å². The number of amides is 2. The number of hydrogen-bond acceptors (Lipinski definition) is 2. The van der Waals surface area contributed by atoms with Gasteiger partial charge < -0.3 is 11.1 Å². The Morgan fingerprint density at radius 3 is 2.86 bits per heavy atom. The molecule has 1 aliphatic heterocycles. The van der Waals surface area contributed by atoms with Crippen LogP contribution in [0.15, 0.2) is 18.2 Å². The molecule has 0 unspecified atom stereocenters. The number of hydrogen-bond donors (Lipinski definition) is 2. The van der Waals surface area contributed by atoms with E-state index in [9.17, 15) is 9.59 Å². The lowest BCUT2D eigenvalue weighted by Crippen LogP contribution is -2.23. The first kappa shape index (κ1) is 8.74. The smallest absolute Gasteiger partial charge is 0.249 e. The summed E-state index contributed by atoms with van der Waals surface area (Å²) in [5.41, 5.74) is 7.28. The molecule has 2 amide bonds. The Bertz CT molecular complexity index is 413. The van der Waals surface area contributed by atoms with Gasteiger partial charge in [-0.25, -0.2) is 0 Å². The molecule has 1 aliphatic rings. The van der Waals surface area contributed by atoms with Crippen molar-refractivity contribution in [2.75, 3.05) is 5.32 Å². The summed E-state index contributed by atoms with van der Waals surface area (Å²) < 4.78 is 0. The van der Waals surface area contributed by atoms with Gasteiger partial charge in [0.25, 0.3) is 0 Å². The summed E-state index contributed by atoms with van der Waals surface area (Å²) in [5, 5.41) is 2.71. The molecule has 4 nitrogen and oxygen atoms in total. The molecule has 0 aliphatic carbocycles. The number of carbonyl (C=O) groups excluding carboxylic acids is 2. The Labute approximate surface area is 81.1 Å². The molecule has 0 radical (unpaired) electrons. The molecule has 0 saturated heterocycles. The second-order valence-electron chi connectivity index (χ2n) is 3.24. The van der Waals surface area contributed by atoms with E-state index in [2.05, 4.69) is 5.32 Å². The van der Waals surface area contributed by atoms with Crippen LogP contribution in [0.5, 0.6) is 0 Å². The molecule has 0 aromatic heterocycles. The predicted octanol–water partition coefficient (Wildman–Crippen LogP) is 0.670. The quantitative estimate of drug-likeness (QED) is 0.683. The van der Waals surface area contributed by atoms with Gasteiger partial charge in [-0.05, 0) is 24.1 Å². The van der Waals surface area contributed by atoms with Crippen molar-refractivity contribution >= 4 is 17.5 Å². The lowest BCUT2D eigenvalue weighted by molar-refractivity contribution is -0.116. The average molecular weight is 190 g/mol. The summed E-state index contributed by atoms with van der Waals surface area (Å²) in [6.45, 7) is 0. The van der Waals surface area contributed by atoms with Gasteiger partial charge >= 0.3 is 0 Å². The van der Waals surface area contributed by atoms with E-state index in [4.69, 9.17) is 5.73 Å². The van der Waals surface area contributed by atoms with E-state index in [1.54, 1.807) is 18.2 Å². The SMILES string of the molecule is NC(=O)c1cccc2c1CCC(=O)N2. The minimum absolute atomic E-state index is 0.0147. The summed E-state index contributed by atoms with van der Waals surface area (Å²) in [4.78, 5) is 22.1. The van der Waals surface area contributed by atoms with Crippen LogP contribution in [0.25, 0.3) is 0 Å². The van der Waals surface area contributed by atoms with Crippen LogP contribution < -0.4 is 11.1 Å². The molecule has 4 heteroatoms. The van der Waals surface area contributed by atoms with Gasteiger partial charge in [0.05, 0.1) is 0 Å². The first-order valence-corrected chi connectivity index (χ1v) is 4.40. The number of nitrogens with two attached hydrogens (primary N) is 1. The number of fused-ring (bicyclic) bond motifs is 1. The Kier molecular flexibility index (Phi) is 1.96. The predicted molar refractivity (Wildman–Crippen MR) is 51.9 cm³/mol. The number of primary amides is 1. The van der Waals surface area contributed by atoms with E-state index in [0.717, 1.165) is 5.56 Å². The Hall–Kier alpha value is -1.84. The molecule has 0 atom stereocenters. The van der Waals surface area contributed by atoms with Gasteiger partial charge in [0, 0.05) is 17.7 Å². The topological polar surface area (TPSA) is 72.2 Å². The molecule has 14 heavy (non-hydrogen) atoms. The van der Waals surface area contributed by atoms with E-state index < -0.39 is 5.91 Å². The zero-order valence-corrected chi connectivity index (χ0v) is 7.54. The fourth-order valence-electron chi connectivity index (χ4n) is 1.66. The van der Waals surface area contributed by atoms with Crippen molar-refractivity contribution in [3.63, 3.8) is 0 Å². The molecule has 72 valence electrons. The van der Waals surface area contributed by atoms with Gasteiger partial charge in [-0.3, -0.25) is 9.59 Å². The maximum Gasteiger partial charge on any atom is 0.249 e. The number of anilines is 1. The first-order chi connectivity index (χ1) is 6.68. The average Bonchev–Trinajstić information content (AvgIpc) is 2.16. The van der Waals surface area contributed by atoms with Gasteiger partial charge in [-0.2, -0.15) is 0 Å². The molecular formula is C10H10N2O2. The van der Waals surface area contributed by atoms with E-state index in [0.29, 0.717) is 24.1 Å². The highest BCUT2D eigenvalue weighted by Crippen LogP contribution is 2.25. The monoisotopic (exact) mass is 190 g/mol. The third kappa shape index (κ3) is 1.35. The Morgan fingerprint density at radius 2 is 2.14 bits per heavy atom. The third-order valence-corrected chi connectivity index (χ3v) is 2.32. The van der Waals surface area contributed by atoms with Gasteiger partial charge in [-0.15, -0.1) is 0 Å². The van der Waals surface area contributed by atoms with Crippen LogP contribution in [0.2, 0.25) is 0 Å². The van der Waals surface area contributed by atoms with E-state index in [1.165, 1.54) is 0 Å². The molecule has 0 fully saturated rings. The van der Waals surface area contributed by atoms with Crippen LogP contribution in [-0.2, 0) is 11.2 Å². The molecule has 2 rings (SSSR count). The second kappa shape index (κ2) is 3.14. The number of benzene rings is 1. The van der Waals surface area contributed by atoms with Gasteiger partial charge in [0.2, 0.25) is 11.8 Å². The van der Waals surface area contributed by atoms with E-state index in [-0.39, 0.29) is 5.91 Å². The molecule has 1 heterocycles. The molecule has 0 saturated carbocycles. The summed E-state index contributed by atoms with van der Waals surface area (Å²) in [5.74, 6) is -0.461. The molecule has 0 bridgehead atoms. The Balaban J connectivity index is 2.52. The van der Waals surface area contributed by atoms with Crippen LogP contribution in [0.4, 0.5) is 5.69 Å². The lowest BCUT2D eigenvalue weighted by Gasteiger charge is -2.18. The van der Waals surface area contributed by atoms with Crippen LogP contribution in [0.1, 0.15) is 22.3 Å². The van der Waals surface area contributed by atoms with Crippen molar-refractivity contribution in [2.45, 2.75) is 12.8 Å². The fraction of sp³-hybridized carbons (Fsp3) is 0.200. The van der Waals surface area contributed by atoms with Crippen LogP contribution in [-0.4, -0.2) is 11.8 Å². The van der Waals surface area contributed by atoms with Crippen LogP contribution in [0.3, 0.4) is 0 Å². The van der Waals surface area contributed by atoms with Gasteiger partial charge in [0.15, 0.2) is 0 Å². The first-order valence-electron chi connectivity index (χ1n) is 4.40. The van der Waals surface area contributed by atoms with Crippen molar-refractivity contribution < 1.29 is 9.59 Å². The zero-order valence-electron chi connectivity index (χ0n) is 7.54. The van der Waals surface area contributed by atoms with Crippen molar-refractivity contribution in [1.29, 1.82) is 0 Å². The van der Waals surface area contributed by atoms with Crippen molar-refractivity contribution in [2.24, 2.45) is 5.73 Å². The highest BCUT2D eigenvalue weighted by Gasteiger charge is 2.19. The number of nitrogens with one attached hydrogen (secondary N) is 1. The summed E-state index contributed by atoms with van der Waals surface area (Å²) in [7, 11) is 0. The minimum Gasteiger partial charge on any atom is -0.366 e. The van der Waals surface area contributed by atoms with Crippen LogP contribution in [0, 0.1) is 0 Å². The van der Waals surface area contributed by atoms with E-state index >= 15 is 0 Å². The third-order valence-electron chi connectivity index (χ3n) is 2.32. The summed E-state index contributed by atoms with van der Waals surface area (Å²) in [6, 6.07) is 5.17. The summed E-state index contributed by atoms with van der Waals surface area (Å²) in [6.07, 6.45) is 0.998. The molecular weight excluding hydrogens is 180 g/mol. The summed E-state index contributed by atoms with van der Waals surface area (Å²) >= 11 is 0. The highest BCUT2D eigenvalue weighted by molar-refractivity contribution is 6.00. The lowest BCUT2D eigenvalue weighted by atomic mass is 9.97. The van der Waals surface area contributed by atoms with Crippen molar-refractivity contribution in [1.82, 2.24) is 0 Å². The maximum atomic E-state index is 11.1. The van der Waals surface area contributed by atoms with Crippen molar-refractivity contribution in [3.8, 4) is 0 Å². The largest absolute Gasteiger partial charge is 0.366 e. The molecule has 1 aromatic rings. The molecule has 3 N–H and O–H groups in total. The fourth-order valence-corrected chi connectivity index (χ4v) is 1.66. The number of rotatable bonds is 1. The van der Waals surface area contributed by atoms with Crippen molar-refractivity contribution in [3.05, 3.63) is 29.3 Å². The zero-order chi connectivity index (χ0) is 10.1. The minimum atomic E-state index is -0.446. The highest BCUT2D eigenvalue weighted by atomic mass is 16.2. The molecule has 1 aromatic carbocycles. The maximum absolute atomic E-state index is 11.1. The molecule has 0 spiro atoms.